The van der Waals surface area contributed by atoms with Gasteiger partial charge in [-0.05, 0) is 37.5 Å². The zero-order chi connectivity index (χ0) is 9.41. The molecule has 2 atom stereocenters. The van der Waals surface area contributed by atoms with Gasteiger partial charge in [0.15, 0.2) is 0 Å². The van der Waals surface area contributed by atoms with Gasteiger partial charge in [0.25, 0.3) is 0 Å². The summed E-state index contributed by atoms with van der Waals surface area (Å²) in [5.41, 5.74) is 6.77. The Morgan fingerprint density at radius 3 is 2.07 bits per heavy atom. The van der Waals surface area contributed by atoms with Crippen molar-refractivity contribution >= 4 is 12.4 Å². The molecule has 0 aromatic rings. The van der Waals surface area contributed by atoms with Crippen LogP contribution in [0.15, 0.2) is 0 Å². The number of nitrogens with two attached hydrogens (primary N) is 1. The van der Waals surface area contributed by atoms with Crippen molar-refractivity contribution in [1.82, 2.24) is 0 Å². The standard InChI is InChI=1S/C11H23N.ClH.H2O/c1-5-9-6-10(2,3)8-11(4,12)7-9;;/h9H,5-8,12H2,1-4H3;1H;1H2/t9-,11-;;/m0../s1. The van der Waals surface area contributed by atoms with Crippen molar-refractivity contribution in [2.24, 2.45) is 17.1 Å². The molecule has 1 aliphatic carbocycles. The van der Waals surface area contributed by atoms with Gasteiger partial charge in [0.2, 0.25) is 0 Å². The molecular formula is C11H26ClNO. The minimum atomic E-state index is 0. The molecule has 0 saturated heterocycles. The molecule has 0 heterocycles. The maximum atomic E-state index is 6.22. The summed E-state index contributed by atoms with van der Waals surface area (Å²) < 4.78 is 0. The van der Waals surface area contributed by atoms with Crippen LogP contribution in [0.1, 0.15) is 53.4 Å². The van der Waals surface area contributed by atoms with E-state index in [1.54, 1.807) is 0 Å². The molecular weight excluding hydrogens is 198 g/mol. The van der Waals surface area contributed by atoms with Crippen molar-refractivity contribution in [3.8, 4) is 0 Å². The predicted octanol–water partition coefficient (Wildman–Crippen LogP) is 2.54. The van der Waals surface area contributed by atoms with Crippen molar-refractivity contribution in [3.05, 3.63) is 0 Å². The fourth-order valence-corrected chi connectivity index (χ4v) is 3.04. The molecule has 3 heteroatoms. The SMILES string of the molecule is CC[C@H]1CC(C)(C)C[C@@](C)(N)C1.Cl.O. The first kappa shape index (κ1) is 16.6. The minimum Gasteiger partial charge on any atom is -0.412 e. The second-order valence-electron chi connectivity index (χ2n) is 5.68. The summed E-state index contributed by atoms with van der Waals surface area (Å²) >= 11 is 0. The average Bonchev–Trinajstić information content (AvgIpc) is 1.80. The van der Waals surface area contributed by atoms with E-state index in [9.17, 15) is 0 Å². The first-order valence-corrected chi connectivity index (χ1v) is 5.13. The van der Waals surface area contributed by atoms with Crippen LogP contribution in [0.3, 0.4) is 0 Å². The van der Waals surface area contributed by atoms with E-state index < -0.39 is 0 Å². The third-order valence-corrected chi connectivity index (χ3v) is 3.06. The van der Waals surface area contributed by atoms with Crippen LogP contribution in [-0.2, 0) is 0 Å². The molecule has 0 bridgehead atoms. The molecule has 1 aliphatic rings. The lowest BCUT2D eigenvalue weighted by Gasteiger charge is -2.44. The van der Waals surface area contributed by atoms with Crippen molar-refractivity contribution < 1.29 is 5.48 Å². The lowest BCUT2D eigenvalue weighted by atomic mass is 9.64. The van der Waals surface area contributed by atoms with Crippen LogP contribution in [0.2, 0.25) is 0 Å². The van der Waals surface area contributed by atoms with Gasteiger partial charge in [-0.3, -0.25) is 0 Å². The van der Waals surface area contributed by atoms with E-state index in [-0.39, 0.29) is 23.4 Å². The Balaban J connectivity index is 0. The van der Waals surface area contributed by atoms with E-state index >= 15 is 0 Å². The van der Waals surface area contributed by atoms with Crippen LogP contribution in [-0.4, -0.2) is 11.0 Å². The first-order valence-electron chi connectivity index (χ1n) is 5.13. The number of rotatable bonds is 1. The highest BCUT2D eigenvalue weighted by Gasteiger charge is 2.37. The molecule has 0 spiro atoms. The molecule has 0 radical (unpaired) electrons. The van der Waals surface area contributed by atoms with Gasteiger partial charge in [0, 0.05) is 5.54 Å². The first-order chi connectivity index (χ1) is 5.35. The number of halogens is 1. The van der Waals surface area contributed by atoms with Crippen LogP contribution in [0, 0.1) is 11.3 Å². The van der Waals surface area contributed by atoms with Crippen LogP contribution < -0.4 is 5.73 Å². The zero-order valence-corrected chi connectivity index (χ0v) is 10.7. The molecule has 1 fully saturated rings. The molecule has 0 aromatic heterocycles. The van der Waals surface area contributed by atoms with Crippen molar-refractivity contribution in [3.63, 3.8) is 0 Å². The molecule has 4 N–H and O–H groups in total. The summed E-state index contributed by atoms with van der Waals surface area (Å²) in [7, 11) is 0. The second kappa shape index (κ2) is 5.34. The summed E-state index contributed by atoms with van der Waals surface area (Å²) in [5, 5.41) is 0. The van der Waals surface area contributed by atoms with Gasteiger partial charge in [-0.15, -0.1) is 12.4 Å². The highest BCUT2D eigenvalue weighted by molar-refractivity contribution is 5.85. The molecule has 1 rings (SSSR count). The van der Waals surface area contributed by atoms with E-state index in [0.29, 0.717) is 5.41 Å². The average molecular weight is 224 g/mol. The largest absolute Gasteiger partial charge is 0.412 e. The lowest BCUT2D eigenvalue weighted by Crippen LogP contribution is -2.47. The van der Waals surface area contributed by atoms with Crippen molar-refractivity contribution in [2.75, 3.05) is 0 Å². The third-order valence-electron chi connectivity index (χ3n) is 3.06. The van der Waals surface area contributed by atoms with Crippen LogP contribution in [0.4, 0.5) is 0 Å². The number of hydrogen-bond donors (Lipinski definition) is 1. The normalized spacial score (nSPS) is 35.4. The van der Waals surface area contributed by atoms with Gasteiger partial charge in [-0.2, -0.15) is 0 Å². The van der Waals surface area contributed by atoms with Crippen molar-refractivity contribution in [1.29, 1.82) is 0 Å². The molecule has 14 heavy (non-hydrogen) atoms. The number of hydrogen-bond acceptors (Lipinski definition) is 1. The zero-order valence-electron chi connectivity index (χ0n) is 9.89. The highest BCUT2D eigenvalue weighted by Crippen LogP contribution is 2.43. The molecule has 1 saturated carbocycles. The maximum Gasteiger partial charge on any atom is 0.0133 e. The van der Waals surface area contributed by atoms with Gasteiger partial charge in [-0.25, -0.2) is 0 Å². The Kier molecular flexibility index (Phi) is 6.34. The van der Waals surface area contributed by atoms with Crippen molar-refractivity contribution in [2.45, 2.75) is 58.9 Å². The summed E-state index contributed by atoms with van der Waals surface area (Å²) in [4.78, 5) is 0. The molecule has 0 aromatic carbocycles. The third kappa shape index (κ3) is 4.63. The Hall–Kier alpha value is 0.210. The smallest absolute Gasteiger partial charge is 0.0133 e. The van der Waals surface area contributed by atoms with Gasteiger partial charge >= 0.3 is 0 Å². The highest BCUT2D eigenvalue weighted by atomic mass is 35.5. The van der Waals surface area contributed by atoms with Gasteiger partial charge in [0.05, 0.1) is 0 Å². The molecule has 0 unspecified atom stereocenters. The second-order valence-corrected chi connectivity index (χ2v) is 5.68. The monoisotopic (exact) mass is 223 g/mol. The molecule has 88 valence electrons. The maximum absolute atomic E-state index is 6.22. The molecule has 2 nitrogen and oxygen atoms in total. The van der Waals surface area contributed by atoms with Gasteiger partial charge in [0.1, 0.15) is 0 Å². The molecule has 0 aliphatic heterocycles. The quantitative estimate of drug-likeness (QED) is 0.730. The van der Waals surface area contributed by atoms with E-state index in [1.807, 2.05) is 0 Å². The molecule has 0 amide bonds. The Morgan fingerprint density at radius 2 is 1.71 bits per heavy atom. The Labute approximate surface area is 94.4 Å². The van der Waals surface area contributed by atoms with Gasteiger partial charge < -0.3 is 11.2 Å². The van der Waals surface area contributed by atoms with Crippen LogP contribution >= 0.6 is 12.4 Å². The summed E-state index contributed by atoms with van der Waals surface area (Å²) in [6, 6.07) is 0. The summed E-state index contributed by atoms with van der Waals surface area (Å²) in [6.07, 6.45) is 5.04. The summed E-state index contributed by atoms with van der Waals surface area (Å²) in [5.74, 6) is 0.851. The van der Waals surface area contributed by atoms with Crippen LogP contribution in [0.5, 0.6) is 0 Å². The summed E-state index contributed by atoms with van der Waals surface area (Å²) in [6.45, 7) is 9.18. The van der Waals surface area contributed by atoms with Gasteiger partial charge in [-0.1, -0.05) is 27.2 Å². The topological polar surface area (TPSA) is 57.5 Å². The van der Waals surface area contributed by atoms with E-state index in [0.717, 1.165) is 5.92 Å². The van der Waals surface area contributed by atoms with E-state index in [1.165, 1.54) is 25.7 Å². The van der Waals surface area contributed by atoms with E-state index in [2.05, 4.69) is 27.7 Å². The fraction of sp³-hybridized carbons (Fsp3) is 1.00. The Bertz CT molecular complexity index is 153. The minimum absolute atomic E-state index is 0. The Morgan fingerprint density at radius 1 is 1.21 bits per heavy atom. The predicted molar refractivity (Wildman–Crippen MR) is 64.9 cm³/mol. The fourth-order valence-electron chi connectivity index (χ4n) is 3.04. The van der Waals surface area contributed by atoms with Crippen LogP contribution in [0.25, 0.3) is 0 Å². The lowest BCUT2D eigenvalue weighted by molar-refractivity contribution is 0.108. The van der Waals surface area contributed by atoms with E-state index in [4.69, 9.17) is 5.73 Å².